The second-order valence-corrected chi connectivity index (χ2v) is 6.64. The Morgan fingerprint density at radius 2 is 2.06 bits per heavy atom. The Bertz CT molecular complexity index is 370. The molecule has 2 nitrogen and oxygen atoms in total. The van der Waals surface area contributed by atoms with Gasteiger partial charge in [-0.2, -0.15) is 0 Å². The standard InChI is InChI=1S/C14H22N2S/c1-2-13-5-6-14(17-13)10-16-8-7-12(9-16)15-11-3-4-11/h5-6,11-12,15H,2-4,7-10H2,1H3. The predicted molar refractivity (Wildman–Crippen MR) is 73.5 cm³/mol. The average Bonchev–Trinajstić information content (AvgIpc) is 2.86. The van der Waals surface area contributed by atoms with E-state index in [0.29, 0.717) is 0 Å². The molecule has 2 aliphatic rings. The Kier molecular flexibility index (Phi) is 3.50. The van der Waals surface area contributed by atoms with Crippen LogP contribution in [0.1, 0.15) is 35.9 Å². The van der Waals surface area contributed by atoms with Crippen LogP contribution in [0.3, 0.4) is 0 Å². The average molecular weight is 250 g/mol. The van der Waals surface area contributed by atoms with E-state index in [1.54, 1.807) is 0 Å². The minimum atomic E-state index is 0.758. The zero-order chi connectivity index (χ0) is 11.7. The van der Waals surface area contributed by atoms with Gasteiger partial charge in [-0.3, -0.25) is 4.90 Å². The smallest absolute Gasteiger partial charge is 0.0328 e. The van der Waals surface area contributed by atoms with Crippen molar-refractivity contribution in [3.63, 3.8) is 0 Å². The van der Waals surface area contributed by atoms with Crippen LogP contribution in [0.15, 0.2) is 12.1 Å². The maximum absolute atomic E-state index is 3.75. The number of nitrogens with zero attached hydrogens (tertiary/aromatic N) is 1. The Morgan fingerprint density at radius 3 is 2.76 bits per heavy atom. The molecule has 17 heavy (non-hydrogen) atoms. The first-order chi connectivity index (χ1) is 8.33. The van der Waals surface area contributed by atoms with Crippen LogP contribution in [0, 0.1) is 0 Å². The van der Waals surface area contributed by atoms with E-state index in [1.807, 2.05) is 11.3 Å². The molecular formula is C14H22N2S. The molecule has 1 aliphatic carbocycles. The largest absolute Gasteiger partial charge is 0.310 e. The van der Waals surface area contributed by atoms with E-state index >= 15 is 0 Å². The lowest BCUT2D eigenvalue weighted by atomic mass is 10.2. The number of hydrogen-bond donors (Lipinski definition) is 1. The van der Waals surface area contributed by atoms with Crippen molar-refractivity contribution < 1.29 is 0 Å². The highest BCUT2D eigenvalue weighted by atomic mass is 32.1. The van der Waals surface area contributed by atoms with Crippen molar-refractivity contribution in [2.75, 3.05) is 13.1 Å². The van der Waals surface area contributed by atoms with E-state index < -0.39 is 0 Å². The third-order valence-electron chi connectivity index (χ3n) is 3.77. The third-order valence-corrected chi connectivity index (χ3v) is 4.98. The summed E-state index contributed by atoms with van der Waals surface area (Å²) >= 11 is 1.99. The lowest BCUT2D eigenvalue weighted by Crippen LogP contribution is -2.33. The fourth-order valence-corrected chi connectivity index (χ4v) is 3.61. The van der Waals surface area contributed by atoms with E-state index in [2.05, 4.69) is 29.3 Å². The molecule has 1 N–H and O–H groups in total. The first-order valence-electron chi connectivity index (χ1n) is 6.89. The molecule has 1 aromatic rings. The van der Waals surface area contributed by atoms with Crippen LogP contribution in [-0.2, 0) is 13.0 Å². The SMILES string of the molecule is CCc1ccc(CN2CCC(NC3CC3)C2)s1. The number of nitrogens with one attached hydrogen (secondary N) is 1. The summed E-state index contributed by atoms with van der Waals surface area (Å²) in [7, 11) is 0. The molecule has 1 saturated heterocycles. The molecule has 1 saturated carbocycles. The first-order valence-corrected chi connectivity index (χ1v) is 7.71. The van der Waals surface area contributed by atoms with Gasteiger partial charge in [-0.25, -0.2) is 0 Å². The molecule has 1 aliphatic heterocycles. The highest BCUT2D eigenvalue weighted by Gasteiger charge is 2.29. The minimum Gasteiger partial charge on any atom is -0.310 e. The van der Waals surface area contributed by atoms with Crippen molar-refractivity contribution in [1.82, 2.24) is 10.2 Å². The number of aryl methyl sites for hydroxylation is 1. The molecule has 3 heteroatoms. The Morgan fingerprint density at radius 1 is 1.24 bits per heavy atom. The molecule has 94 valence electrons. The van der Waals surface area contributed by atoms with E-state index in [1.165, 1.54) is 48.5 Å². The van der Waals surface area contributed by atoms with Crippen LogP contribution in [0.25, 0.3) is 0 Å². The fourth-order valence-electron chi connectivity index (χ4n) is 2.61. The molecule has 2 fully saturated rings. The van der Waals surface area contributed by atoms with Gasteiger partial charge >= 0.3 is 0 Å². The van der Waals surface area contributed by atoms with Crippen LogP contribution in [-0.4, -0.2) is 30.1 Å². The van der Waals surface area contributed by atoms with Crippen molar-refractivity contribution in [2.24, 2.45) is 0 Å². The maximum atomic E-state index is 3.75. The second-order valence-electron chi connectivity index (χ2n) is 5.38. The van der Waals surface area contributed by atoms with Crippen LogP contribution < -0.4 is 5.32 Å². The summed E-state index contributed by atoms with van der Waals surface area (Å²) < 4.78 is 0. The Balaban J connectivity index is 1.48. The zero-order valence-electron chi connectivity index (χ0n) is 10.6. The molecule has 1 aromatic heterocycles. The van der Waals surface area contributed by atoms with Crippen LogP contribution in [0.2, 0.25) is 0 Å². The van der Waals surface area contributed by atoms with E-state index in [0.717, 1.165) is 18.6 Å². The van der Waals surface area contributed by atoms with Crippen molar-refractivity contribution in [3.05, 3.63) is 21.9 Å². The van der Waals surface area contributed by atoms with Gasteiger partial charge in [0, 0.05) is 41.5 Å². The van der Waals surface area contributed by atoms with Gasteiger partial charge in [0.1, 0.15) is 0 Å². The molecule has 0 amide bonds. The predicted octanol–water partition coefficient (Wildman–Crippen LogP) is 2.64. The molecule has 0 bridgehead atoms. The molecule has 0 radical (unpaired) electrons. The van der Waals surface area contributed by atoms with Gasteiger partial charge in [-0.15, -0.1) is 11.3 Å². The van der Waals surface area contributed by atoms with Gasteiger partial charge in [0.25, 0.3) is 0 Å². The van der Waals surface area contributed by atoms with Gasteiger partial charge < -0.3 is 5.32 Å². The highest BCUT2D eigenvalue weighted by molar-refractivity contribution is 7.11. The zero-order valence-corrected chi connectivity index (χ0v) is 11.4. The van der Waals surface area contributed by atoms with Crippen molar-refractivity contribution in [3.8, 4) is 0 Å². The number of hydrogen-bond acceptors (Lipinski definition) is 3. The summed E-state index contributed by atoms with van der Waals surface area (Å²) in [6, 6.07) is 6.21. The van der Waals surface area contributed by atoms with E-state index in [4.69, 9.17) is 0 Å². The normalized spacial score (nSPS) is 25.6. The molecular weight excluding hydrogens is 228 g/mol. The highest BCUT2D eigenvalue weighted by Crippen LogP contribution is 2.24. The van der Waals surface area contributed by atoms with Gasteiger partial charge in [0.05, 0.1) is 0 Å². The van der Waals surface area contributed by atoms with Gasteiger partial charge in [0.2, 0.25) is 0 Å². The van der Waals surface area contributed by atoms with Crippen molar-refractivity contribution in [1.29, 1.82) is 0 Å². The van der Waals surface area contributed by atoms with Crippen LogP contribution >= 0.6 is 11.3 Å². The summed E-state index contributed by atoms with van der Waals surface area (Å²) in [5.74, 6) is 0. The summed E-state index contributed by atoms with van der Waals surface area (Å²) in [6.07, 6.45) is 5.32. The lowest BCUT2D eigenvalue weighted by molar-refractivity contribution is 0.322. The maximum Gasteiger partial charge on any atom is 0.0328 e. The second kappa shape index (κ2) is 5.09. The Labute approximate surface area is 108 Å². The van der Waals surface area contributed by atoms with Crippen LogP contribution in [0.4, 0.5) is 0 Å². The quantitative estimate of drug-likeness (QED) is 0.864. The molecule has 0 spiro atoms. The van der Waals surface area contributed by atoms with Gasteiger partial charge in [0.15, 0.2) is 0 Å². The summed E-state index contributed by atoms with van der Waals surface area (Å²) in [6.45, 7) is 5.91. The van der Waals surface area contributed by atoms with Gasteiger partial charge in [-0.1, -0.05) is 6.92 Å². The molecule has 3 rings (SSSR count). The summed E-state index contributed by atoms with van der Waals surface area (Å²) in [4.78, 5) is 5.66. The monoisotopic (exact) mass is 250 g/mol. The fraction of sp³-hybridized carbons (Fsp3) is 0.714. The molecule has 0 aromatic carbocycles. The summed E-state index contributed by atoms with van der Waals surface area (Å²) in [5, 5.41) is 3.75. The first kappa shape index (κ1) is 11.7. The third kappa shape index (κ3) is 3.09. The minimum absolute atomic E-state index is 0.758. The molecule has 1 atom stereocenters. The lowest BCUT2D eigenvalue weighted by Gasteiger charge is -2.15. The number of rotatable bonds is 5. The van der Waals surface area contributed by atoms with Crippen molar-refractivity contribution >= 4 is 11.3 Å². The topological polar surface area (TPSA) is 15.3 Å². The van der Waals surface area contributed by atoms with Crippen LogP contribution in [0.5, 0.6) is 0 Å². The molecule has 2 heterocycles. The number of likely N-dealkylation sites (tertiary alicyclic amines) is 1. The van der Waals surface area contributed by atoms with E-state index in [-0.39, 0.29) is 0 Å². The van der Waals surface area contributed by atoms with E-state index in [9.17, 15) is 0 Å². The van der Waals surface area contributed by atoms with Gasteiger partial charge in [-0.05, 0) is 37.8 Å². The molecule has 1 unspecified atom stereocenters. The number of thiophene rings is 1. The summed E-state index contributed by atoms with van der Waals surface area (Å²) in [5.41, 5.74) is 0. The van der Waals surface area contributed by atoms with Crippen molar-refractivity contribution in [2.45, 2.75) is 51.2 Å². The Hall–Kier alpha value is -0.380.